The zero-order valence-electron chi connectivity index (χ0n) is 13.4. The lowest BCUT2D eigenvalue weighted by Gasteiger charge is -2.63. The summed E-state index contributed by atoms with van der Waals surface area (Å²) in [5, 5.41) is 3.20. The van der Waals surface area contributed by atoms with Crippen LogP contribution in [0, 0.1) is 17.8 Å². The summed E-state index contributed by atoms with van der Waals surface area (Å²) in [6.45, 7) is 1.59. The van der Waals surface area contributed by atoms with E-state index in [1.807, 2.05) is 18.2 Å². The third-order valence-corrected chi connectivity index (χ3v) is 7.12. The Balaban J connectivity index is 1.73. The Labute approximate surface area is 147 Å². The Morgan fingerprint density at radius 2 is 1.96 bits per heavy atom. The second-order valence-corrected chi connectivity index (χ2v) is 9.51. The third-order valence-electron chi connectivity index (χ3n) is 6.14. The van der Waals surface area contributed by atoms with Gasteiger partial charge in [-0.2, -0.15) is 0 Å². The molecule has 0 radical (unpaired) electrons. The van der Waals surface area contributed by atoms with E-state index in [0.29, 0.717) is 11.8 Å². The Morgan fingerprint density at radius 1 is 1.22 bits per heavy atom. The molecule has 4 aliphatic rings. The van der Waals surface area contributed by atoms with E-state index in [1.165, 1.54) is 6.42 Å². The van der Waals surface area contributed by atoms with Crippen molar-refractivity contribution in [2.45, 2.75) is 54.8 Å². The van der Waals surface area contributed by atoms with Crippen molar-refractivity contribution in [2.75, 3.05) is 0 Å². The van der Waals surface area contributed by atoms with E-state index in [0.717, 1.165) is 31.2 Å². The van der Waals surface area contributed by atoms with Crippen molar-refractivity contribution in [1.82, 2.24) is 5.32 Å². The summed E-state index contributed by atoms with van der Waals surface area (Å²) in [6, 6.07) is 10.3. The van der Waals surface area contributed by atoms with Gasteiger partial charge < -0.3 is 5.32 Å². The van der Waals surface area contributed by atoms with E-state index >= 15 is 0 Å². The third kappa shape index (κ3) is 2.68. The summed E-state index contributed by atoms with van der Waals surface area (Å²) >= 11 is 14.0. The average molecular weight is 352 g/mol. The van der Waals surface area contributed by atoms with Gasteiger partial charge in [0.15, 0.2) is 0 Å². The van der Waals surface area contributed by atoms with Crippen LogP contribution in [-0.2, 0) is 4.79 Å². The number of carbonyl (C=O) groups excluding carboxylic acids is 1. The molecule has 1 aromatic carbocycles. The molecule has 0 heterocycles. The molecule has 1 amide bonds. The minimum absolute atomic E-state index is 0.00788. The summed E-state index contributed by atoms with van der Waals surface area (Å²) in [7, 11) is 0. The van der Waals surface area contributed by atoms with Crippen LogP contribution in [-0.4, -0.2) is 15.7 Å². The number of benzene rings is 1. The van der Waals surface area contributed by atoms with Crippen LogP contribution in [0.15, 0.2) is 30.3 Å². The molecular formula is C19H23Cl2NO. The second kappa shape index (κ2) is 5.39. The van der Waals surface area contributed by atoms with Crippen LogP contribution in [0.5, 0.6) is 0 Å². The molecule has 4 heteroatoms. The van der Waals surface area contributed by atoms with Crippen molar-refractivity contribution in [3.8, 4) is 0 Å². The minimum atomic E-state index is -0.283. The molecule has 5 rings (SSSR count). The molecule has 124 valence electrons. The van der Waals surface area contributed by atoms with Gasteiger partial charge in [-0.05, 0) is 49.5 Å². The van der Waals surface area contributed by atoms with Crippen LogP contribution < -0.4 is 5.32 Å². The molecule has 0 saturated heterocycles. The van der Waals surface area contributed by atoms with Gasteiger partial charge in [0.1, 0.15) is 0 Å². The number of hydrogen-bond acceptors (Lipinski definition) is 1. The fourth-order valence-electron chi connectivity index (χ4n) is 5.82. The summed E-state index contributed by atoms with van der Waals surface area (Å²) in [6.07, 6.45) is 5.25. The van der Waals surface area contributed by atoms with Gasteiger partial charge in [-0.15, -0.1) is 23.2 Å². The van der Waals surface area contributed by atoms with Gasteiger partial charge in [0.05, 0.1) is 10.9 Å². The molecule has 6 atom stereocenters. The number of nitrogens with one attached hydrogen (secondary N) is 1. The van der Waals surface area contributed by atoms with Crippen LogP contribution >= 0.6 is 23.2 Å². The highest BCUT2D eigenvalue weighted by atomic mass is 35.5. The molecule has 2 nitrogen and oxygen atoms in total. The first kappa shape index (κ1) is 15.8. The number of halogens is 2. The van der Waals surface area contributed by atoms with Crippen molar-refractivity contribution >= 4 is 29.1 Å². The summed E-state index contributed by atoms with van der Waals surface area (Å²) in [5.74, 6) is 1.43. The molecule has 4 fully saturated rings. The zero-order chi connectivity index (χ0) is 16.2. The van der Waals surface area contributed by atoms with Gasteiger partial charge in [0, 0.05) is 17.7 Å². The zero-order valence-corrected chi connectivity index (χ0v) is 14.9. The van der Waals surface area contributed by atoms with Crippen molar-refractivity contribution < 1.29 is 4.79 Å². The topological polar surface area (TPSA) is 29.1 Å². The Bertz CT molecular complexity index is 621. The number of carbonyl (C=O) groups is 1. The maximum Gasteiger partial charge on any atom is 0.217 e. The lowest BCUT2D eigenvalue weighted by molar-refractivity contribution is -0.121. The van der Waals surface area contributed by atoms with E-state index in [2.05, 4.69) is 17.4 Å². The number of alkyl halides is 2. The van der Waals surface area contributed by atoms with Crippen LogP contribution in [0.1, 0.15) is 50.6 Å². The predicted molar refractivity (Wildman–Crippen MR) is 93.7 cm³/mol. The van der Waals surface area contributed by atoms with Gasteiger partial charge in [-0.3, -0.25) is 4.79 Å². The van der Waals surface area contributed by atoms with Crippen molar-refractivity contribution in [2.24, 2.45) is 17.8 Å². The van der Waals surface area contributed by atoms with Crippen LogP contribution in [0.2, 0.25) is 0 Å². The van der Waals surface area contributed by atoms with Crippen molar-refractivity contribution in [3.63, 3.8) is 0 Å². The molecule has 1 aromatic rings. The molecular weight excluding hydrogens is 329 g/mol. The Morgan fingerprint density at radius 3 is 2.57 bits per heavy atom. The molecule has 0 aromatic heterocycles. The highest BCUT2D eigenvalue weighted by Crippen LogP contribution is 2.66. The van der Waals surface area contributed by atoms with Gasteiger partial charge >= 0.3 is 0 Å². The quantitative estimate of drug-likeness (QED) is 0.788. The molecule has 4 saturated carbocycles. The molecule has 4 bridgehead atoms. The average Bonchev–Trinajstić information content (AvgIpc) is 2.43. The molecule has 1 unspecified atom stereocenters. The summed E-state index contributed by atoms with van der Waals surface area (Å²) < 4.78 is 0. The van der Waals surface area contributed by atoms with E-state index in [-0.39, 0.29) is 27.6 Å². The van der Waals surface area contributed by atoms with Gasteiger partial charge in [0.2, 0.25) is 5.91 Å². The minimum Gasteiger partial charge on any atom is -0.349 e. The second-order valence-electron chi connectivity index (χ2n) is 7.95. The largest absolute Gasteiger partial charge is 0.349 e. The highest BCUT2D eigenvalue weighted by Gasteiger charge is 2.63. The number of amides is 1. The van der Waals surface area contributed by atoms with E-state index in [1.54, 1.807) is 6.92 Å². The summed E-state index contributed by atoms with van der Waals surface area (Å²) in [4.78, 5) is 11.5. The SMILES string of the molecule is CC(=O)N[C@@H](c1ccccc1)[C@H]1C2C[C@H]3C[C@](Cl)(C2)C[C@@]1(Cl)C3. The lowest BCUT2D eigenvalue weighted by Crippen LogP contribution is -2.62. The molecule has 1 N–H and O–H groups in total. The molecule has 23 heavy (non-hydrogen) atoms. The number of rotatable bonds is 3. The molecule has 0 spiro atoms. The fraction of sp³-hybridized carbons (Fsp3) is 0.632. The smallest absolute Gasteiger partial charge is 0.217 e. The molecule has 4 aliphatic carbocycles. The van der Waals surface area contributed by atoms with Gasteiger partial charge in [-0.25, -0.2) is 0 Å². The van der Waals surface area contributed by atoms with Gasteiger partial charge in [0.25, 0.3) is 0 Å². The molecule has 0 aliphatic heterocycles. The van der Waals surface area contributed by atoms with Crippen LogP contribution in [0.4, 0.5) is 0 Å². The van der Waals surface area contributed by atoms with Crippen LogP contribution in [0.25, 0.3) is 0 Å². The lowest BCUT2D eigenvalue weighted by atomic mass is 9.49. The predicted octanol–water partition coefficient (Wildman–Crippen LogP) is 4.66. The fourth-order valence-corrected chi connectivity index (χ4v) is 7.33. The first-order valence-electron chi connectivity index (χ1n) is 8.58. The normalized spacial score (nSPS) is 42.5. The standard InChI is InChI=1S/C19H23Cl2NO/c1-12(23)22-17(14-5-3-2-4-6-14)16-15-7-13-8-18(20,10-15)11-19(16,21)9-13/h2-6,13,15-17H,7-11H2,1H3,(H,22,23)/t13-,15?,16+,17-,18-,19-/m0/s1. The van der Waals surface area contributed by atoms with E-state index < -0.39 is 0 Å². The maximum absolute atomic E-state index is 11.9. The Hall–Kier alpha value is -0.730. The Kier molecular flexibility index (Phi) is 3.70. The van der Waals surface area contributed by atoms with E-state index in [9.17, 15) is 4.79 Å². The van der Waals surface area contributed by atoms with Gasteiger partial charge in [-0.1, -0.05) is 30.3 Å². The van der Waals surface area contributed by atoms with Crippen molar-refractivity contribution in [1.29, 1.82) is 0 Å². The van der Waals surface area contributed by atoms with Crippen molar-refractivity contribution in [3.05, 3.63) is 35.9 Å². The van der Waals surface area contributed by atoms with Crippen LogP contribution in [0.3, 0.4) is 0 Å². The first-order valence-corrected chi connectivity index (χ1v) is 9.34. The monoisotopic (exact) mass is 351 g/mol. The van der Waals surface area contributed by atoms with E-state index in [4.69, 9.17) is 23.2 Å². The first-order chi connectivity index (χ1) is 10.9. The maximum atomic E-state index is 11.9. The highest BCUT2D eigenvalue weighted by molar-refractivity contribution is 6.28. The summed E-state index contributed by atoms with van der Waals surface area (Å²) in [5.41, 5.74) is 1.16. The number of hydrogen-bond donors (Lipinski definition) is 1.